The lowest BCUT2D eigenvalue weighted by Gasteiger charge is -2.16. The summed E-state index contributed by atoms with van der Waals surface area (Å²) >= 11 is 14.1. The maximum atomic E-state index is 12.2. The molecular formula is C24H37Cl2IN6O5. The minimum atomic E-state index is -0.222. The van der Waals surface area contributed by atoms with Crippen LogP contribution >= 0.6 is 46.1 Å². The van der Waals surface area contributed by atoms with Gasteiger partial charge in [0.15, 0.2) is 0 Å². The average Bonchev–Trinajstić information content (AvgIpc) is 3.36. The summed E-state index contributed by atoms with van der Waals surface area (Å²) in [4.78, 5) is 26.2. The zero-order valence-electron chi connectivity index (χ0n) is 21.6. The van der Waals surface area contributed by atoms with E-state index in [2.05, 4.69) is 47.0 Å². The van der Waals surface area contributed by atoms with Crippen molar-refractivity contribution in [1.82, 2.24) is 19.1 Å². The third-order valence-electron chi connectivity index (χ3n) is 5.37. The number of hydrogen-bond acceptors (Lipinski definition) is 9. The summed E-state index contributed by atoms with van der Waals surface area (Å²) < 4.78 is 19.4. The molecule has 1 aliphatic rings. The number of amidine groups is 1. The van der Waals surface area contributed by atoms with Gasteiger partial charge in [-0.25, -0.2) is 0 Å². The monoisotopic (exact) mass is 686 g/mol. The van der Waals surface area contributed by atoms with Crippen molar-refractivity contribution in [2.24, 2.45) is 5.10 Å². The van der Waals surface area contributed by atoms with Crippen LogP contribution in [-0.4, -0.2) is 102 Å². The highest BCUT2D eigenvalue weighted by molar-refractivity contribution is 14.1. The number of nitrogens with zero attached hydrogens (tertiary/aromatic N) is 3. The molecule has 3 N–H and O–H groups in total. The molecule has 38 heavy (non-hydrogen) atoms. The number of benzene rings is 1. The maximum absolute atomic E-state index is 12.2. The van der Waals surface area contributed by atoms with Crippen molar-refractivity contribution in [3.05, 3.63) is 28.2 Å². The zero-order valence-corrected chi connectivity index (χ0v) is 25.3. The molecule has 0 aliphatic carbocycles. The SMILES string of the molecule is CN(CCOCCNI)CCOCCOCC(=O)NCCCC(=O)NC1=NN(c2ccc(Cl)c(Cl)c2)CC1. The third-order valence-corrected chi connectivity index (χ3v) is 6.65. The van der Waals surface area contributed by atoms with E-state index in [4.69, 9.17) is 37.4 Å². The van der Waals surface area contributed by atoms with Gasteiger partial charge in [0.2, 0.25) is 11.8 Å². The molecule has 11 nitrogen and oxygen atoms in total. The number of amides is 2. The third kappa shape index (κ3) is 14.2. The Morgan fingerprint density at radius 1 is 1.03 bits per heavy atom. The summed E-state index contributed by atoms with van der Waals surface area (Å²) in [6.07, 6.45) is 1.40. The van der Waals surface area contributed by atoms with E-state index in [1.165, 1.54) is 0 Å². The molecule has 0 aromatic heterocycles. The van der Waals surface area contributed by atoms with Gasteiger partial charge in [-0.15, -0.1) is 0 Å². The zero-order chi connectivity index (χ0) is 27.6. The van der Waals surface area contributed by atoms with E-state index in [1.807, 2.05) is 13.1 Å². The van der Waals surface area contributed by atoms with Gasteiger partial charge >= 0.3 is 0 Å². The Hall–Kier alpha value is -1.26. The molecular weight excluding hydrogens is 650 g/mol. The van der Waals surface area contributed by atoms with E-state index in [1.54, 1.807) is 17.1 Å². The van der Waals surface area contributed by atoms with Crippen LogP contribution in [0, 0.1) is 0 Å². The van der Waals surface area contributed by atoms with Gasteiger partial charge in [0.1, 0.15) is 12.4 Å². The quantitative estimate of drug-likeness (QED) is 0.116. The van der Waals surface area contributed by atoms with Gasteiger partial charge in [-0.3, -0.25) is 18.1 Å². The largest absolute Gasteiger partial charge is 0.379 e. The van der Waals surface area contributed by atoms with E-state index in [-0.39, 0.29) is 24.8 Å². The van der Waals surface area contributed by atoms with Crippen LogP contribution in [0.2, 0.25) is 10.0 Å². The van der Waals surface area contributed by atoms with Gasteiger partial charge in [-0.05, 0) is 31.7 Å². The molecule has 0 saturated carbocycles. The highest BCUT2D eigenvalue weighted by atomic mass is 127. The van der Waals surface area contributed by atoms with E-state index in [0.29, 0.717) is 74.8 Å². The van der Waals surface area contributed by atoms with Crippen LogP contribution in [0.4, 0.5) is 5.69 Å². The molecule has 1 aromatic carbocycles. The Morgan fingerprint density at radius 3 is 2.50 bits per heavy atom. The lowest BCUT2D eigenvalue weighted by Crippen LogP contribution is -2.32. The number of nitrogens with one attached hydrogen (secondary N) is 3. The number of hydrogen-bond donors (Lipinski definition) is 3. The summed E-state index contributed by atoms with van der Waals surface area (Å²) in [5.41, 5.74) is 0.810. The van der Waals surface area contributed by atoms with Crippen LogP contribution in [0.25, 0.3) is 0 Å². The molecule has 0 fully saturated rings. The number of likely N-dealkylation sites (N-methyl/N-ethyl adjacent to an activating group) is 1. The normalized spacial score (nSPS) is 13.2. The number of hydrazone groups is 1. The predicted molar refractivity (Wildman–Crippen MR) is 158 cm³/mol. The second-order valence-electron chi connectivity index (χ2n) is 8.48. The molecule has 0 bridgehead atoms. The van der Waals surface area contributed by atoms with Crippen LogP contribution in [0.1, 0.15) is 19.3 Å². The number of rotatable bonds is 19. The molecule has 14 heteroatoms. The second-order valence-corrected chi connectivity index (χ2v) is 10.1. The number of halogens is 3. The highest BCUT2D eigenvalue weighted by Crippen LogP contribution is 2.28. The first-order chi connectivity index (χ1) is 18.4. The Kier molecular flexibility index (Phi) is 17.1. The van der Waals surface area contributed by atoms with Crippen molar-refractivity contribution in [2.75, 3.05) is 84.4 Å². The minimum Gasteiger partial charge on any atom is -0.379 e. The summed E-state index contributed by atoms with van der Waals surface area (Å²) in [5, 5.41) is 12.7. The fourth-order valence-electron chi connectivity index (χ4n) is 3.28. The van der Waals surface area contributed by atoms with E-state index in [0.717, 1.165) is 25.3 Å². The van der Waals surface area contributed by atoms with Crippen molar-refractivity contribution in [3.8, 4) is 0 Å². The van der Waals surface area contributed by atoms with Crippen LogP contribution in [-0.2, 0) is 23.8 Å². The molecule has 1 heterocycles. The Labute approximate surface area is 248 Å². The lowest BCUT2D eigenvalue weighted by atomic mass is 10.3. The molecule has 0 spiro atoms. The van der Waals surface area contributed by atoms with Gasteiger partial charge in [-0.2, -0.15) is 5.10 Å². The standard InChI is InChI=1S/C24H37Cl2IN6O5/c1-32(10-13-36-12-8-29-27)11-14-37-15-16-38-18-24(35)28-7-2-3-23(34)30-22-6-9-33(31-22)19-4-5-20(25)21(26)17-19/h4-5,17,29H,2-3,6-16,18H2,1H3,(H,28,35)(H,30,31,34). The minimum absolute atomic E-state index is 0.0414. The lowest BCUT2D eigenvalue weighted by molar-refractivity contribution is -0.126. The predicted octanol–water partition coefficient (Wildman–Crippen LogP) is 2.45. The second kappa shape index (κ2) is 19.7. The van der Waals surface area contributed by atoms with Gasteiger partial charge in [0.25, 0.3) is 0 Å². The first-order valence-electron chi connectivity index (χ1n) is 12.5. The number of carbonyl (C=O) groups excluding carboxylic acids is 2. The maximum Gasteiger partial charge on any atom is 0.245 e. The summed E-state index contributed by atoms with van der Waals surface area (Å²) in [7, 11) is 2.02. The van der Waals surface area contributed by atoms with Gasteiger partial charge < -0.3 is 29.7 Å². The molecule has 1 aliphatic heterocycles. The average molecular weight is 687 g/mol. The first kappa shape index (κ1) is 32.9. The number of anilines is 1. The number of carbonyl (C=O) groups is 2. The fraction of sp³-hybridized carbons (Fsp3) is 0.625. The van der Waals surface area contributed by atoms with E-state index >= 15 is 0 Å². The fourth-order valence-corrected chi connectivity index (χ4v) is 3.79. The topological polar surface area (TPSA) is 117 Å². The Balaban J connectivity index is 1.44. The van der Waals surface area contributed by atoms with Gasteiger partial charge in [-0.1, -0.05) is 23.2 Å². The van der Waals surface area contributed by atoms with E-state index < -0.39 is 0 Å². The molecule has 2 amide bonds. The molecule has 0 unspecified atom stereocenters. The van der Waals surface area contributed by atoms with Gasteiger partial charge in [0.05, 0.1) is 48.8 Å². The first-order valence-corrected chi connectivity index (χ1v) is 14.3. The molecule has 2 rings (SSSR count). The van der Waals surface area contributed by atoms with Gasteiger partial charge in [0, 0.05) is 68.4 Å². The summed E-state index contributed by atoms with van der Waals surface area (Å²) in [6.45, 7) is 6.20. The van der Waals surface area contributed by atoms with Crippen LogP contribution < -0.4 is 19.2 Å². The van der Waals surface area contributed by atoms with Crippen molar-refractivity contribution in [1.29, 1.82) is 0 Å². The van der Waals surface area contributed by atoms with Crippen molar-refractivity contribution in [3.63, 3.8) is 0 Å². The Bertz CT molecular complexity index is 898. The molecule has 0 atom stereocenters. The number of ether oxygens (including phenoxy) is 3. The highest BCUT2D eigenvalue weighted by Gasteiger charge is 2.18. The molecule has 0 radical (unpaired) electrons. The molecule has 1 aromatic rings. The Morgan fingerprint density at radius 2 is 1.76 bits per heavy atom. The summed E-state index contributed by atoms with van der Waals surface area (Å²) in [5.74, 6) is 0.232. The van der Waals surface area contributed by atoms with Crippen molar-refractivity contribution >= 4 is 69.4 Å². The van der Waals surface area contributed by atoms with E-state index in [9.17, 15) is 9.59 Å². The van der Waals surface area contributed by atoms with Crippen molar-refractivity contribution < 1.29 is 23.8 Å². The van der Waals surface area contributed by atoms with Crippen LogP contribution in [0.3, 0.4) is 0 Å². The van der Waals surface area contributed by atoms with Crippen molar-refractivity contribution in [2.45, 2.75) is 19.3 Å². The molecule has 0 saturated heterocycles. The van der Waals surface area contributed by atoms with Crippen LogP contribution in [0.5, 0.6) is 0 Å². The van der Waals surface area contributed by atoms with Crippen LogP contribution in [0.15, 0.2) is 23.3 Å². The summed E-state index contributed by atoms with van der Waals surface area (Å²) in [6, 6.07) is 5.28. The molecule has 214 valence electrons. The smallest absolute Gasteiger partial charge is 0.245 e.